The van der Waals surface area contributed by atoms with Gasteiger partial charge in [-0.15, -0.1) is 24.0 Å². The molecule has 2 rings (SSSR count). The fraction of sp³-hybridized carbons (Fsp3) is 0.579. The van der Waals surface area contributed by atoms with Gasteiger partial charge in [0.25, 0.3) is 0 Å². The lowest BCUT2D eigenvalue weighted by atomic mass is 9.93. The minimum absolute atomic E-state index is 0. The van der Waals surface area contributed by atoms with Gasteiger partial charge in [-0.2, -0.15) is 0 Å². The predicted molar refractivity (Wildman–Crippen MR) is 124 cm³/mol. The van der Waals surface area contributed by atoms with Crippen molar-refractivity contribution < 1.29 is 4.79 Å². The van der Waals surface area contributed by atoms with Crippen molar-refractivity contribution in [1.29, 1.82) is 0 Å². The van der Waals surface area contributed by atoms with E-state index in [1.807, 2.05) is 32.9 Å². The Hall–Kier alpha value is -1.22. The summed E-state index contributed by atoms with van der Waals surface area (Å²) in [6.07, 6.45) is 0. The van der Waals surface area contributed by atoms with Gasteiger partial charge in [0.1, 0.15) is 0 Å². The summed E-state index contributed by atoms with van der Waals surface area (Å²) >= 11 is 6.16. The highest BCUT2D eigenvalue weighted by Crippen LogP contribution is 2.25. The first kappa shape index (κ1) is 23.8. The molecule has 8 heteroatoms. The van der Waals surface area contributed by atoms with Crippen molar-refractivity contribution in [2.75, 3.05) is 44.2 Å². The van der Waals surface area contributed by atoms with Crippen LogP contribution in [0.2, 0.25) is 5.02 Å². The highest BCUT2D eigenvalue weighted by Gasteiger charge is 2.26. The third-order valence-corrected chi connectivity index (χ3v) is 4.95. The number of aliphatic imine (C=N–C) groups is 1. The standard InChI is InChI=1S/C19H30ClN5O.HI/c1-5-22-18(23-13-19(3,4)17(21)26)25-10-8-24(9-11-25)16-12-15(20)7-6-14(16)2;/h6-7,12H,5,8-11,13H2,1-4H3,(H2,21,26)(H,22,23);1H. The van der Waals surface area contributed by atoms with Crippen molar-refractivity contribution in [3.63, 3.8) is 0 Å². The van der Waals surface area contributed by atoms with Gasteiger partial charge in [-0.1, -0.05) is 17.7 Å². The summed E-state index contributed by atoms with van der Waals surface area (Å²) in [6.45, 7) is 12.4. The van der Waals surface area contributed by atoms with Crippen LogP contribution in [0, 0.1) is 12.3 Å². The number of anilines is 1. The molecular formula is C19H31ClIN5O. The van der Waals surface area contributed by atoms with E-state index in [0.717, 1.165) is 43.7 Å². The highest BCUT2D eigenvalue weighted by atomic mass is 127. The number of benzene rings is 1. The van der Waals surface area contributed by atoms with Gasteiger partial charge in [0.2, 0.25) is 5.91 Å². The summed E-state index contributed by atoms with van der Waals surface area (Å²) in [4.78, 5) is 20.8. The lowest BCUT2D eigenvalue weighted by Gasteiger charge is -2.38. The zero-order valence-corrected chi connectivity index (χ0v) is 19.7. The van der Waals surface area contributed by atoms with Gasteiger partial charge in [-0.25, -0.2) is 0 Å². The van der Waals surface area contributed by atoms with Gasteiger partial charge >= 0.3 is 0 Å². The number of aryl methyl sites for hydroxylation is 1. The molecule has 1 aliphatic rings. The first-order chi connectivity index (χ1) is 12.2. The number of amides is 1. The van der Waals surface area contributed by atoms with Crippen molar-refractivity contribution in [2.45, 2.75) is 27.7 Å². The molecule has 6 nitrogen and oxygen atoms in total. The third-order valence-electron chi connectivity index (χ3n) is 4.72. The number of hydrogen-bond donors (Lipinski definition) is 2. The van der Waals surface area contributed by atoms with Gasteiger partial charge in [0.15, 0.2) is 5.96 Å². The number of piperazine rings is 1. The van der Waals surface area contributed by atoms with Crippen LogP contribution in [0.1, 0.15) is 26.3 Å². The van der Waals surface area contributed by atoms with E-state index < -0.39 is 5.41 Å². The number of hydrogen-bond acceptors (Lipinski definition) is 3. The Bertz CT molecular complexity index is 672. The van der Waals surface area contributed by atoms with Crippen LogP contribution in [0.15, 0.2) is 23.2 Å². The smallest absolute Gasteiger partial charge is 0.224 e. The fourth-order valence-corrected chi connectivity index (χ4v) is 3.02. The zero-order chi connectivity index (χ0) is 19.3. The molecule has 1 aromatic rings. The van der Waals surface area contributed by atoms with Crippen molar-refractivity contribution in [2.24, 2.45) is 16.1 Å². The molecule has 0 saturated carbocycles. The van der Waals surface area contributed by atoms with Crippen LogP contribution in [-0.4, -0.2) is 56.0 Å². The van der Waals surface area contributed by atoms with Crippen LogP contribution in [0.5, 0.6) is 0 Å². The molecule has 0 atom stereocenters. The van der Waals surface area contributed by atoms with Crippen LogP contribution < -0.4 is 16.0 Å². The third kappa shape index (κ3) is 6.41. The number of nitrogens with zero attached hydrogens (tertiary/aromatic N) is 3. The average molecular weight is 508 g/mol. The Kier molecular flexibility index (Phi) is 9.14. The maximum atomic E-state index is 11.5. The van der Waals surface area contributed by atoms with Gasteiger partial charge in [-0.3, -0.25) is 9.79 Å². The lowest BCUT2D eigenvalue weighted by molar-refractivity contribution is -0.125. The van der Waals surface area contributed by atoms with Crippen LogP contribution in [-0.2, 0) is 4.79 Å². The number of rotatable bonds is 5. The normalized spacial score (nSPS) is 15.4. The molecule has 0 unspecified atom stereocenters. The molecule has 0 aliphatic carbocycles. The molecule has 152 valence electrons. The number of halogens is 2. The summed E-state index contributed by atoms with van der Waals surface area (Å²) in [5.74, 6) is 0.502. The predicted octanol–water partition coefficient (Wildman–Crippen LogP) is 2.87. The molecule has 0 aromatic heterocycles. The molecule has 0 radical (unpaired) electrons. The van der Waals surface area contributed by atoms with E-state index in [1.54, 1.807) is 0 Å². The second-order valence-electron chi connectivity index (χ2n) is 7.32. The Morgan fingerprint density at radius 1 is 1.30 bits per heavy atom. The molecule has 1 heterocycles. The van der Waals surface area contributed by atoms with Crippen LogP contribution in [0.4, 0.5) is 5.69 Å². The number of carbonyl (C=O) groups is 1. The molecule has 1 aliphatic heterocycles. The minimum Gasteiger partial charge on any atom is -0.369 e. The van der Waals surface area contributed by atoms with Crippen LogP contribution >= 0.6 is 35.6 Å². The van der Waals surface area contributed by atoms with Gasteiger partial charge < -0.3 is 20.9 Å². The molecule has 1 aromatic carbocycles. The van der Waals surface area contributed by atoms with Crippen LogP contribution in [0.25, 0.3) is 0 Å². The largest absolute Gasteiger partial charge is 0.369 e. The average Bonchev–Trinajstić information content (AvgIpc) is 2.61. The van der Waals surface area contributed by atoms with E-state index in [0.29, 0.717) is 6.54 Å². The minimum atomic E-state index is -0.652. The maximum Gasteiger partial charge on any atom is 0.224 e. The van der Waals surface area contributed by atoms with Crippen LogP contribution in [0.3, 0.4) is 0 Å². The summed E-state index contributed by atoms with van der Waals surface area (Å²) in [5.41, 5.74) is 7.22. The number of nitrogens with one attached hydrogen (secondary N) is 1. The molecule has 0 spiro atoms. The monoisotopic (exact) mass is 507 g/mol. The quantitative estimate of drug-likeness (QED) is 0.365. The first-order valence-electron chi connectivity index (χ1n) is 9.09. The van der Waals surface area contributed by atoms with E-state index in [9.17, 15) is 4.79 Å². The van der Waals surface area contributed by atoms with Crippen molar-refractivity contribution in [3.8, 4) is 0 Å². The van der Waals surface area contributed by atoms with Gasteiger partial charge in [-0.05, 0) is 45.4 Å². The molecule has 27 heavy (non-hydrogen) atoms. The Labute approximate surface area is 184 Å². The number of primary amides is 1. The maximum absolute atomic E-state index is 11.5. The van der Waals surface area contributed by atoms with E-state index in [1.165, 1.54) is 11.3 Å². The summed E-state index contributed by atoms with van der Waals surface area (Å²) in [7, 11) is 0. The van der Waals surface area contributed by atoms with E-state index in [2.05, 4.69) is 33.1 Å². The lowest BCUT2D eigenvalue weighted by Crippen LogP contribution is -2.53. The molecule has 1 fully saturated rings. The highest BCUT2D eigenvalue weighted by molar-refractivity contribution is 14.0. The zero-order valence-electron chi connectivity index (χ0n) is 16.6. The second-order valence-corrected chi connectivity index (χ2v) is 7.76. The van der Waals surface area contributed by atoms with Gasteiger partial charge in [0, 0.05) is 43.4 Å². The summed E-state index contributed by atoms with van der Waals surface area (Å²) in [6, 6.07) is 6.01. The molecule has 0 bridgehead atoms. The van der Waals surface area contributed by atoms with Crippen molar-refractivity contribution in [3.05, 3.63) is 28.8 Å². The van der Waals surface area contributed by atoms with E-state index in [-0.39, 0.29) is 29.9 Å². The topological polar surface area (TPSA) is 74.0 Å². The SMILES string of the molecule is CCNC(=NCC(C)(C)C(N)=O)N1CCN(c2cc(Cl)ccc2C)CC1.I. The van der Waals surface area contributed by atoms with Crippen molar-refractivity contribution in [1.82, 2.24) is 10.2 Å². The summed E-state index contributed by atoms with van der Waals surface area (Å²) < 4.78 is 0. The molecule has 1 amide bonds. The van der Waals surface area contributed by atoms with Crippen molar-refractivity contribution >= 4 is 53.1 Å². The summed E-state index contributed by atoms with van der Waals surface area (Å²) in [5, 5.41) is 4.08. The molecule has 3 N–H and O–H groups in total. The fourth-order valence-electron chi connectivity index (χ4n) is 2.86. The first-order valence-corrected chi connectivity index (χ1v) is 9.46. The number of guanidine groups is 1. The van der Waals surface area contributed by atoms with E-state index >= 15 is 0 Å². The van der Waals surface area contributed by atoms with Gasteiger partial charge in [0.05, 0.1) is 12.0 Å². The van der Waals surface area contributed by atoms with E-state index in [4.69, 9.17) is 17.3 Å². The Morgan fingerprint density at radius 3 is 2.48 bits per heavy atom. The molecular weight excluding hydrogens is 477 g/mol. The number of carbonyl (C=O) groups excluding carboxylic acids is 1. The molecule has 1 saturated heterocycles. The Balaban J connectivity index is 0.00000364. The number of nitrogens with two attached hydrogens (primary N) is 1. The second kappa shape index (κ2) is 10.4. The Morgan fingerprint density at radius 2 is 1.93 bits per heavy atom.